The molecule has 1 N–H and O–H groups in total. The molecule has 2 aromatic rings. The van der Waals surface area contributed by atoms with Gasteiger partial charge in [0, 0.05) is 0 Å². The van der Waals surface area contributed by atoms with E-state index in [1.165, 1.54) is 25.3 Å². The number of methoxy groups -OCH3 is 1. The summed E-state index contributed by atoms with van der Waals surface area (Å²) in [5.74, 6) is -2.49. The molecule has 0 aliphatic carbocycles. The van der Waals surface area contributed by atoms with Crippen LogP contribution in [-0.4, -0.2) is 25.7 Å². The van der Waals surface area contributed by atoms with Crippen LogP contribution in [-0.2, 0) is 11.3 Å². The summed E-state index contributed by atoms with van der Waals surface area (Å²) in [5.41, 5.74) is 1.14. The van der Waals surface area contributed by atoms with Gasteiger partial charge in [0.15, 0.2) is 18.1 Å². The van der Waals surface area contributed by atoms with E-state index in [2.05, 4.69) is 10.1 Å². The number of hydrogen-bond donors (Lipinski definition) is 1. The Hall–Kier alpha value is -2.54. The van der Waals surface area contributed by atoms with E-state index < -0.39 is 24.7 Å². The van der Waals surface area contributed by atoms with Gasteiger partial charge in [-0.15, -0.1) is 12.4 Å². The van der Waals surface area contributed by atoms with Gasteiger partial charge in [-0.25, -0.2) is 13.6 Å². The van der Waals surface area contributed by atoms with Gasteiger partial charge < -0.3 is 19.5 Å². The van der Waals surface area contributed by atoms with Crippen molar-refractivity contribution in [2.75, 3.05) is 13.7 Å². The molecule has 0 saturated carbocycles. The van der Waals surface area contributed by atoms with E-state index in [4.69, 9.17) is 9.47 Å². The highest BCUT2D eigenvalue weighted by Crippen LogP contribution is 2.38. The predicted molar refractivity (Wildman–Crippen MR) is 93.2 cm³/mol. The van der Waals surface area contributed by atoms with Gasteiger partial charge in [-0.05, 0) is 23.3 Å². The highest BCUT2D eigenvalue weighted by atomic mass is 35.5. The third-order valence-corrected chi connectivity index (χ3v) is 3.84. The minimum atomic E-state index is -3.22. The molecule has 1 saturated heterocycles. The SMILES string of the molecule is COc1ccc([C@H]2NC(=O)OCC2(F)F)cc1OCc1ccccc1.Cl. The van der Waals surface area contributed by atoms with Crippen LogP contribution in [0.5, 0.6) is 11.5 Å². The van der Waals surface area contributed by atoms with Crippen molar-refractivity contribution in [3.63, 3.8) is 0 Å². The zero-order valence-electron chi connectivity index (χ0n) is 13.9. The van der Waals surface area contributed by atoms with Crippen LogP contribution in [0.15, 0.2) is 48.5 Å². The molecule has 0 spiro atoms. The van der Waals surface area contributed by atoms with Crippen LogP contribution in [0.3, 0.4) is 0 Å². The second-order valence-electron chi connectivity index (χ2n) is 5.60. The first kappa shape index (κ1) is 19.8. The quantitative estimate of drug-likeness (QED) is 0.841. The Labute approximate surface area is 155 Å². The summed E-state index contributed by atoms with van der Waals surface area (Å²) in [6.45, 7) is -0.701. The van der Waals surface area contributed by atoms with Crippen molar-refractivity contribution < 1.29 is 27.8 Å². The molecule has 1 aliphatic rings. The number of alkyl halides is 2. The summed E-state index contributed by atoms with van der Waals surface area (Å²) in [5, 5.41) is 2.15. The van der Waals surface area contributed by atoms with Gasteiger partial charge in [-0.1, -0.05) is 36.4 Å². The Balaban J connectivity index is 0.00000243. The number of carbonyl (C=O) groups excluding carboxylic acids is 1. The fourth-order valence-electron chi connectivity index (χ4n) is 2.56. The molecular weight excluding hydrogens is 368 g/mol. The zero-order chi connectivity index (χ0) is 17.9. The van der Waals surface area contributed by atoms with Gasteiger partial charge in [0.05, 0.1) is 7.11 Å². The van der Waals surface area contributed by atoms with Crippen LogP contribution in [0, 0.1) is 0 Å². The summed E-state index contributed by atoms with van der Waals surface area (Å²) >= 11 is 0. The molecule has 0 radical (unpaired) electrons. The number of halogens is 3. The van der Waals surface area contributed by atoms with Gasteiger partial charge in [0.1, 0.15) is 12.6 Å². The lowest BCUT2D eigenvalue weighted by molar-refractivity contribution is -0.104. The first-order valence-electron chi connectivity index (χ1n) is 7.65. The van der Waals surface area contributed by atoms with Crippen LogP contribution in [0.25, 0.3) is 0 Å². The summed E-state index contributed by atoms with van der Waals surface area (Å²) in [7, 11) is 1.47. The third kappa shape index (κ3) is 4.35. The van der Waals surface area contributed by atoms with Crippen molar-refractivity contribution in [2.24, 2.45) is 0 Å². The number of hydrogen-bond acceptors (Lipinski definition) is 4. The predicted octanol–water partition coefficient (Wildman–Crippen LogP) is 4.11. The van der Waals surface area contributed by atoms with Gasteiger partial charge >= 0.3 is 12.0 Å². The van der Waals surface area contributed by atoms with E-state index in [1.54, 1.807) is 0 Å². The van der Waals surface area contributed by atoms with Crippen molar-refractivity contribution in [2.45, 2.75) is 18.6 Å². The number of benzene rings is 2. The lowest BCUT2D eigenvalue weighted by Gasteiger charge is -2.32. The van der Waals surface area contributed by atoms with Crippen LogP contribution in [0.2, 0.25) is 0 Å². The molecule has 3 rings (SSSR count). The second kappa shape index (κ2) is 8.23. The Morgan fingerprint density at radius 3 is 2.62 bits per heavy atom. The number of carbonyl (C=O) groups is 1. The van der Waals surface area contributed by atoms with Crippen molar-refractivity contribution in [1.82, 2.24) is 5.32 Å². The maximum Gasteiger partial charge on any atom is 0.408 e. The normalized spacial score (nSPS) is 18.1. The van der Waals surface area contributed by atoms with E-state index in [0.717, 1.165) is 5.56 Å². The Kier molecular flexibility index (Phi) is 6.26. The number of nitrogens with one attached hydrogen (secondary N) is 1. The Bertz CT molecular complexity index is 758. The van der Waals surface area contributed by atoms with E-state index in [0.29, 0.717) is 11.5 Å². The standard InChI is InChI=1S/C18H17F2NO4.ClH/c1-23-14-8-7-13(16-18(19,20)11-25-17(22)21-16)9-15(14)24-10-12-5-3-2-4-6-12;/h2-9,16H,10-11H2,1H3,(H,21,22);1H/t16-;/m1./s1. The van der Waals surface area contributed by atoms with Crippen molar-refractivity contribution in [1.29, 1.82) is 0 Å². The summed E-state index contributed by atoms with van der Waals surface area (Å²) in [6.07, 6.45) is -0.876. The molecule has 26 heavy (non-hydrogen) atoms. The van der Waals surface area contributed by atoms with Gasteiger partial charge in [0.25, 0.3) is 0 Å². The Morgan fingerprint density at radius 2 is 1.92 bits per heavy atom. The fourth-order valence-corrected chi connectivity index (χ4v) is 2.56. The molecule has 0 unspecified atom stereocenters. The molecule has 1 aliphatic heterocycles. The largest absolute Gasteiger partial charge is 0.493 e. The molecule has 1 atom stereocenters. The molecule has 140 valence electrons. The maximum atomic E-state index is 14.1. The van der Waals surface area contributed by atoms with Crippen molar-refractivity contribution >= 4 is 18.5 Å². The van der Waals surface area contributed by atoms with Crippen molar-refractivity contribution in [3.05, 3.63) is 59.7 Å². The summed E-state index contributed by atoms with van der Waals surface area (Å²) in [6, 6.07) is 12.4. The molecule has 2 aromatic carbocycles. The molecule has 8 heteroatoms. The zero-order valence-corrected chi connectivity index (χ0v) is 14.7. The fraction of sp³-hybridized carbons (Fsp3) is 0.278. The molecule has 1 amide bonds. The van der Waals surface area contributed by atoms with E-state index in [1.807, 2.05) is 30.3 Å². The first-order valence-corrected chi connectivity index (χ1v) is 7.65. The lowest BCUT2D eigenvalue weighted by Crippen LogP contribution is -2.49. The smallest absolute Gasteiger partial charge is 0.408 e. The van der Waals surface area contributed by atoms with Crippen LogP contribution >= 0.6 is 12.4 Å². The van der Waals surface area contributed by atoms with Crippen LogP contribution in [0.1, 0.15) is 17.2 Å². The third-order valence-electron chi connectivity index (χ3n) is 3.84. The minimum absolute atomic E-state index is 0. The molecule has 1 fully saturated rings. The Morgan fingerprint density at radius 1 is 1.19 bits per heavy atom. The molecule has 5 nitrogen and oxygen atoms in total. The molecule has 0 bridgehead atoms. The summed E-state index contributed by atoms with van der Waals surface area (Å²) < 4.78 is 43.5. The lowest BCUT2D eigenvalue weighted by atomic mass is 9.99. The van der Waals surface area contributed by atoms with Crippen LogP contribution < -0.4 is 14.8 Å². The van der Waals surface area contributed by atoms with E-state index >= 15 is 0 Å². The summed E-state index contributed by atoms with van der Waals surface area (Å²) in [4.78, 5) is 11.3. The number of alkyl carbamates (subject to hydrolysis) is 1. The maximum absolute atomic E-state index is 14.1. The van der Waals surface area contributed by atoms with Crippen molar-refractivity contribution in [3.8, 4) is 11.5 Å². The highest BCUT2D eigenvalue weighted by Gasteiger charge is 2.47. The number of rotatable bonds is 5. The van der Waals surface area contributed by atoms with E-state index in [9.17, 15) is 13.6 Å². The highest BCUT2D eigenvalue weighted by molar-refractivity contribution is 5.85. The second-order valence-corrected chi connectivity index (χ2v) is 5.60. The molecule has 1 heterocycles. The monoisotopic (exact) mass is 385 g/mol. The molecular formula is C18H18ClF2NO4. The molecule has 0 aromatic heterocycles. The minimum Gasteiger partial charge on any atom is -0.493 e. The van der Waals surface area contributed by atoms with Gasteiger partial charge in [0.2, 0.25) is 0 Å². The van der Waals surface area contributed by atoms with Gasteiger partial charge in [-0.3, -0.25) is 0 Å². The first-order chi connectivity index (χ1) is 12.0. The number of cyclic esters (lactones) is 1. The number of amides is 1. The average Bonchev–Trinajstić information content (AvgIpc) is 2.62. The van der Waals surface area contributed by atoms with Gasteiger partial charge in [-0.2, -0.15) is 0 Å². The number of ether oxygens (including phenoxy) is 3. The topological polar surface area (TPSA) is 56.8 Å². The average molecular weight is 386 g/mol. The van der Waals surface area contributed by atoms with E-state index in [-0.39, 0.29) is 24.6 Å². The van der Waals surface area contributed by atoms with Crippen LogP contribution in [0.4, 0.5) is 13.6 Å².